The van der Waals surface area contributed by atoms with Crippen LogP contribution in [0.15, 0.2) is 18.3 Å². The normalized spacial score (nSPS) is 12.0. The highest BCUT2D eigenvalue weighted by atomic mass is 19.4. The van der Waals surface area contributed by atoms with Crippen molar-refractivity contribution < 1.29 is 18.3 Å². The minimum atomic E-state index is -4.52. The molecule has 0 aliphatic rings. The molecule has 0 aliphatic carbocycles. The van der Waals surface area contributed by atoms with Gasteiger partial charge in [-0.3, -0.25) is 5.10 Å². The van der Waals surface area contributed by atoms with E-state index in [4.69, 9.17) is 0 Å². The molecular formula is C14H11F3N4O. The van der Waals surface area contributed by atoms with E-state index in [1.54, 1.807) is 6.92 Å². The van der Waals surface area contributed by atoms with Crippen molar-refractivity contribution in [2.45, 2.75) is 20.0 Å². The summed E-state index contributed by atoms with van der Waals surface area (Å²) in [5.74, 6) is -0.483. The number of halogens is 3. The van der Waals surface area contributed by atoms with Crippen LogP contribution in [0.1, 0.15) is 16.8 Å². The number of aromatic hydroxyl groups is 1. The first-order valence-corrected chi connectivity index (χ1v) is 6.36. The fourth-order valence-corrected chi connectivity index (χ4v) is 2.34. The van der Waals surface area contributed by atoms with Crippen molar-refractivity contribution in [1.29, 1.82) is 0 Å². The molecule has 0 bridgehead atoms. The van der Waals surface area contributed by atoms with Crippen molar-refractivity contribution in [3.63, 3.8) is 0 Å². The summed E-state index contributed by atoms with van der Waals surface area (Å²) in [7, 11) is 0. The average molecular weight is 308 g/mol. The lowest BCUT2D eigenvalue weighted by Crippen LogP contribution is -2.06. The van der Waals surface area contributed by atoms with Crippen LogP contribution in [0.25, 0.3) is 22.4 Å². The standard InChI is InChI=1S/C14H11F3N4O/c1-6-3-8(14(15,16)17)4-10(22)11(6)12-7(2)19-9-5-18-21-13(9)20-12/h3-5,22H,1-2H3,(H,18,20,21). The van der Waals surface area contributed by atoms with Gasteiger partial charge in [0.1, 0.15) is 11.3 Å². The quantitative estimate of drug-likeness (QED) is 0.723. The fraction of sp³-hybridized carbons (Fsp3) is 0.214. The number of H-pyrrole nitrogens is 1. The molecule has 114 valence electrons. The molecule has 2 N–H and O–H groups in total. The van der Waals surface area contributed by atoms with E-state index in [0.29, 0.717) is 28.6 Å². The molecule has 0 aliphatic heterocycles. The van der Waals surface area contributed by atoms with Crippen LogP contribution in [-0.2, 0) is 6.18 Å². The second-order valence-corrected chi connectivity index (χ2v) is 4.95. The van der Waals surface area contributed by atoms with Crippen LogP contribution in [0.5, 0.6) is 5.75 Å². The predicted octanol–water partition coefficient (Wildman–Crippen LogP) is 3.36. The molecular weight excluding hydrogens is 297 g/mol. The fourth-order valence-electron chi connectivity index (χ4n) is 2.34. The second kappa shape index (κ2) is 4.69. The van der Waals surface area contributed by atoms with E-state index >= 15 is 0 Å². The Kier molecular flexibility index (Phi) is 3.05. The Morgan fingerprint density at radius 3 is 2.50 bits per heavy atom. The van der Waals surface area contributed by atoms with Gasteiger partial charge in [-0.15, -0.1) is 0 Å². The van der Waals surface area contributed by atoms with Gasteiger partial charge in [0.25, 0.3) is 0 Å². The summed E-state index contributed by atoms with van der Waals surface area (Å²) in [6.07, 6.45) is -3.02. The summed E-state index contributed by atoms with van der Waals surface area (Å²) in [5, 5.41) is 16.5. The number of alkyl halides is 3. The maximum absolute atomic E-state index is 12.8. The topological polar surface area (TPSA) is 74.7 Å². The van der Waals surface area contributed by atoms with Gasteiger partial charge in [-0.25, -0.2) is 9.97 Å². The Hall–Kier alpha value is -2.64. The predicted molar refractivity (Wildman–Crippen MR) is 73.3 cm³/mol. The molecule has 22 heavy (non-hydrogen) atoms. The molecule has 0 fully saturated rings. The van der Waals surface area contributed by atoms with Gasteiger partial charge >= 0.3 is 6.18 Å². The van der Waals surface area contributed by atoms with Crippen LogP contribution >= 0.6 is 0 Å². The Balaban J connectivity index is 2.24. The number of phenolic OH excluding ortho intramolecular Hbond substituents is 1. The summed E-state index contributed by atoms with van der Waals surface area (Å²) >= 11 is 0. The third-order valence-corrected chi connectivity index (χ3v) is 3.33. The van der Waals surface area contributed by atoms with Gasteiger partial charge < -0.3 is 5.11 Å². The average Bonchev–Trinajstić information content (AvgIpc) is 2.84. The Morgan fingerprint density at radius 1 is 1.14 bits per heavy atom. The highest BCUT2D eigenvalue weighted by Gasteiger charge is 2.32. The number of benzene rings is 1. The zero-order valence-corrected chi connectivity index (χ0v) is 11.7. The maximum atomic E-state index is 12.8. The van der Waals surface area contributed by atoms with Gasteiger partial charge in [-0.2, -0.15) is 18.3 Å². The van der Waals surface area contributed by atoms with Gasteiger partial charge in [0.2, 0.25) is 0 Å². The Labute approximate surface area is 122 Å². The molecule has 8 heteroatoms. The molecule has 0 radical (unpaired) electrons. The number of rotatable bonds is 1. The number of aromatic amines is 1. The van der Waals surface area contributed by atoms with E-state index in [2.05, 4.69) is 20.2 Å². The molecule has 2 heterocycles. The number of fused-ring (bicyclic) bond motifs is 1. The van der Waals surface area contributed by atoms with Crippen molar-refractivity contribution in [1.82, 2.24) is 20.2 Å². The molecule has 3 aromatic rings. The lowest BCUT2D eigenvalue weighted by Gasteiger charge is -2.14. The molecule has 0 atom stereocenters. The number of nitrogens with zero attached hydrogens (tertiary/aromatic N) is 3. The van der Waals surface area contributed by atoms with Crippen molar-refractivity contribution in [3.8, 4) is 17.0 Å². The van der Waals surface area contributed by atoms with Crippen molar-refractivity contribution in [3.05, 3.63) is 35.2 Å². The number of hydrogen-bond donors (Lipinski definition) is 2. The largest absolute Gasteiger partial charge is 0.507 e. The Morgan fingerprint density at radius 2 is 1.86 bits per heavy atom. The zero-order valence-electron chi connectivity index (χ0n) is 11.7. The van der Waals surface area contributed by atoms with E-state index < -0.39 is 17.5 Å². The van der Waals surface area contributed by atoms with Crippen molar-refractivity contribution in [2.75, 3.05) is 0 Å². The first kappa shape index (κ1) is 14.3. The second-order valence-electron chi connectivity index (χ2n) is 4.95. The maximum Gasteiger partial charge on any atom is 0.416 e. The third-order valence-electron chi connectivity index (χ3n) is 3.33. The van der Waals surface area contributed by atoms with Crippen LogP contribution in [-0.4, -0.2) is 25.3 Å². The van der Waals surface area contributed by atoms with Gasteiger partial charge in [0, 0.05) is 5.56 Å². The van der Waals surface area contributed by atoms with Crippen LogP contribution in [0.4, 0.5) is 13.2 Å². The van der Waals surface area contributed by atoms with E-state index in [-0.39, 0.29) is 11.1 Å². The number of nitrogens with one attached hydrogen (secondary N) is 1. The first-order valence-electron chi connectivity index (χ1n) is 6.36. The molecule has 1 aromatic carbocycles. The lowest BCUT2D eigenvalue weighted by atomic mass is 9.99. The van der Waals surface area contributed by atoms with Gasteiger partial charge in [-0.1, -0.05) is 0 Å². The molecule has 0 saturated carbocycles. The third kappa shape index (κ3) is 2.26. The van der Waals surface area contributed by atoms with Crippen LogP contribution in [0.3, 0.4) is 0 Å². The molecule has 3 rings (SSSR count). The summed E-state index contributed by atoms with van der Waals surface area (Å²) in [6.45, 7) is 3.16. The number of aryl methyl sites for hydroxylation is 2. The van der Waals surface area contributed by atoms with Gasteiger partial charge in [0.15, 0.2) is 5.65 Å². The zero-order chi connectivity index (χ0) is 16.1. The minimum Gasteiger partial charge on any atom is -0.507 e. The first-order chi connectivity index (χ1) is 10.3. The minimum absolute atomic E-state index is 0.231. The van der Waals surface area contributed by atoms with E-state index in [9.17, 15) is 18.3 Å². The van der Waals surface area contributed by atoms with Crippen LogP contribution in [0.2, 0.25) is 0 Å². The number of hydrogen-bond acceptors (Lipinski definition) is 4. The monoisotopic (exact) mass is 308 g/mol. The summed E-state index contributed by atoms with van der Waals surface area (Å²) in [5.41, 5.74) is 1.36. The van der Waals surface area contributed by atoms with E-state index in [1.165, 1.54) is 13.1 Å². The van der Waals surface area contributed by atoms with Gasteiger partial charge in [-0.05, 0) is 31.5 Å². The molecule has 0 saturated heterocycles. The van der Waals surface area contributed by atoms with Crippen LogP contribution in [0, 0.1) is 13.8 Å². The summed E-state index contributed by atoms with van der Waals surface area (Å²) in [6, 6.07) is 1.67. The van der Waals surface area contributed by atoms with Gasteiger partial charge in [0.05, 0.1) is 23.1 Å². The molecule has 2 aromatic heterocycles. The Bertz CT molecular complexity index is 847. The highest BCUT2D eigenvalue weighted by Crippen LogP contribution is 2.39. The SMILES string of the molecule is Cc1cc(C(F)(F)F)cc(O)c1-c1nc2[nH]ncc2nc1C. The summed E-state index contributed by atoms with van der Waals surface area (Å²) in [4.78, 5) is 8.57. The summed E-state index contributed by atoms with van der Waals surface area (Å²) < 4.78 is 38.3. The number of phenols is 1. The van der Waals surface area contributed by atoms with Crippen molar-refractivity contribution in [2.24, 2.45) is 0 Å². The van der Waals surface area contributed by atoms with Crippen molar-refractivity contribution >= 4 is 11.2 Å². The van der Waals surface area contributed by atoms with Crippen LogP contribution < -0.4 is 0 Å². The number of aromatic nitrogens is 4. The smallest absolute Gasteiger partial charge is 0.416 e. The van der Waals surface area contributed by atoms with E-state index in [0.717, 1.165) is 6.07 Å². The molecule has 0 spiro atoms. The van der Waals surface area contributed by atoms with E-state index in [1.807, 2.05) is 0 Å². The molecule has 0 amide bonds. The highest BCUT2D eigenvalue weighted by molar-refractivity contribution is 5.78. The molecule has 5 nitrogen and oxygen atoms in total. The molecule has 0 unspecified atom stereocenters. The lowest BCUT2D eigenvalue weighted by molar-refractivity contribution is -0.137.